The van der Waals surface area contributed by atoms with Crippen molar-refractivity contribution in [2.45, 2.75) is 38.5 Å². The molecule has 0 unspecified atom stereocenters. The molecule has 33 heavy (non-hydrogen) atoms. The molecule has 1 aromatic heterocycles. The Bertz CT molecular complexity index is 1120. The third kappa shape index (κ3) is 6.42. The summed E-state index contributed by atoms with van der Waals surface area (Å²) in [5, 5.41) is 12.4. The fraction of sp³-hybridized carbons (Fsp3) is 0.280. The first-order valence-electron chi connectivity index (χ1n) is 10.6. The normalized spacial score (nSPS) is 11.9. The molecule has 172 valence electrons. The average molecular weight is 527 g/mol. The predicted molar refractivity (Wildman–Crippen MR) is 136 cm³/mol. The zero-order chi connectivity index (χ0) is 24.0. The van der Waals surface area contributed by atoms with Crippen LogP contribution in [0, 0.1) is 12.8 Å². The first-order chi connectivity index (χ1) is 15.8. The number of benzene rings is 2. The molecular weight excluding hydrogens is 500 g/mol. The summed E-state index contributed by atoms with van der Waals surface area (Å²) in [5.41, 5.74) is 2.33. The smallest absolute Gasteiger partial charge is 0.251 e. The van der Waals surface area contributed by atoms with Gasteiger partial charge in [0.2, 0.25) is 0 Å². The van der Waals surface area contributed by atoms with E-state index < -0.39 is 0 Å². The molecule has 0 aliphatic rings. The lowest BCUT2D eigenvalue weighted by atomic mass is 10.0. The van der Waals surface area contributed by atoms with Crippen molar-refractivity contribution in [2.24, 2.45) is 5.92 Å². The molecule has 3 aromatic rings. The van der Waals surface area contributed by atoms with E-state index in [1.165, 1.54) is 11.8 Å². The van der Waals surface area contributed by atoms with E-state index in [1.807, 2.05) is 61.7 Å². The second-order valence-corrected chi connectivity index (χ2v) is 9.88. The number of aryl methyl sites for hydroxylation is 1. The molecular formula is C25H27BrN4O2S. The number of thioether (sulfide) groups is 1. The number of rotatable bonds is 10. The highest BCUT2D eigenvalue weighted by atomic mass is 79.9. The molecule has 0 radical (unpaired) electrons. The first kappa shape index (κ1) is 24.9. The number of hydrogen-bond acceptors (Lipinski definition) is 5. The van der Waals surface area contributed by atoms with Crippen molar-refractivity contribution in [3.8, 4) is 0 Å². The molecule has 0 aliphatic heterocycles. The zero-order valence-corrected chi connectivity index (χ0v) is 21.3. The van der Waals surface area contributed by atoms with Crippen LogP contribution >= 0.6 is 27.7 Å². The van der Waals surface area contributed by atoms with E-state index >= 15 is 0 Å². The number of carbonyl (C=O) groups excluding carboxylic acids is 2. The topological polar surface area (TPSA) is 76.9 Å². The van der Waals surface area contributed by atoms with Gasteiger partial charge in [-0.15, -0.1) is 16.8 Å². The predicted octanol–water partition coefficient (Wildman–Crippen LogP) is 5.64. The first-order valence-corrected chi connectivity index (χ1v) is 12.4. The van der Waals surface area contributed by atoms with Gasteiger partial charge < -0.3 is 9.88 Å². The van der Waals surface area contributed by atoms with Crippen LogP contribution in [-0.2, 0) is 6.54 Å². The fourth-order valence-corrected chi connectivity index (χ4v) is 4.36. The van der Waals surface area contributed by atoms with Gasteiger partial charge in [-0.05, 0) is 37.1 Å². The zero-order valence-electron chi connectivity index (χ0n) is 18.9. The summed E-state index contributed by atoms with van der Waals surface area (Å²) >= 11 is 4.71. The Morgan fingerprint density at radius 3 is 2.33 bits per heavy atom. The number of amides is 1. The van der Waals surface area contributed by atoms with Crippen molar-refractivity contribution in [1.29, 1.82) is 0 Å². The molecule has 0 saturated heterocycles. The van der Waals surface area contributed by atoms with Crippen LogP contribution in [0.4, 0.5) is 0 Å². The van der Waals surface area contributed by atoms with Crippen LogP contribution in [0.15, 0.2) is 70.8 Å². The second kappa shape index (κ2) is 11.4. The summed E-state index contributed by atoms with van der Waals surface area (Å²) in [4.78, 5) is 25.5. The van der Waals surface area contributed by atoms with Crippen LogP contribution in [0.5, 0.6) is 0 Å². The monoisotopic (exact) mass is 526 g/mol. The summed E-state index contributed by atoms with van der Waals surface area (Å²) in [5.74, 6) is 0.800. The molecule has 1 heterocycles. The highest BCUT2D eigenvalue weighted by Crippen LogP contribution is 2.26. The van der Waals surface area contributed by atoms with E-state index in [0.717, 1.165) is 10.0 Å². The average Bonchev–Trinajstić information content (AvgIpc) is 3.18. The summed E-state index contributed by atoms with van der Waals surface area (Å²) in [6, 6.07) is 14.4. The van der Waals surface area contributed by atoms with Crippen molar-refractivity contribution in [3.63, 3.8) is 0 Å². The Balaban J connectivity index is 1.79. The van der Waals surface area contributed by atoms with Crippen molar-refractivity contribution in [2.75, 3.05) is 5.75 Å². The Morgan fingerprint density at radius 2 is 1.73 bits per heavy atom. The van der Waals surface area contributed by atoms with Gasteiger partial charge in [-0.3, -0.25) is 9.59 Å². The largest absolute Gasteiger partial charge is 0.342 e. The van der Waals surface area contributed by atoms with E-state index in [-0.39, 0.29) is 29.4 Å². The van der Waals surface area contributed by atoms with Gasteiger partial charge in [-0.25, -0.2) is 0 Å². The van der Waals surface area contributed by atoms with Gasteiger partial charge in [0.05, 0.1) is 11.8 Å². The standard InChI is InChI=1S/C25H27BrN4O2S/c1-5-14-30-23(22(16(2)3)27-24(32)19-8-6-17(4)7-9-19)28-29-25(30)33-15-21(31)18-10-12-20(26)13-11-18/h5-13,16,22H,1,14-15H2,2-4H3,(H,27,32)/t22-/m1/s1. The number of aromatic nitrogens is 3. The van der Waals surface area contributed by atoms with Gasteiger partial charge in [0, 0.05) is 22.1 Å². The number of halogens is 1. The van der Waals surface area contributed by atoms with Gasteiger partial charge in [0.1, 0.15) is 0 Å². The number of Topliss-reactive ketones (excluding diaryl/α,β-unsaturated/α-hetero) is 1. The third-order valence-corrected chi connectivity index (χ3v) is 6.60. The van der Waals surface area contributed by atoms with E-state index in [9.17, 15) is 9.59 Å². The van der Waals surface area contributed by atoms with Gasteiger partial charge >= 0.3 is 0 Å². The number of carbonyl (C=O) groups is 2. The molecule has 1 N–H and O–H groups in total. The van der Waals surface area contributed by atoms with Crippen LogP contribution in [0.3, 0.4) is 0 Å². The molecule has 3 rings (SSSR count). The van der Waals surface area contributed by atoms with E-state index in [0.29, 0.717) is 28.7 Å². The Hall–Kier alpha value is -2.71. The van der Waals surface area contributed by atoms with Crippen LogP contribution in [0.1, 0.15) is 52.0 Å². The highest BCUT2D eigenvalue weighted by Gasteiger charge is 2.26. The molecule has 8 heteroatoms. The van der Waals surface area contributed by atoms with Crippen LogP contribution in [0.2, 0.25) is 0 Å². The lowest BCUT2D eigenvalue weighted by molar-refractivity contribution is 0.0921. The lowest BCUT2D eigenvalue weighted by Crippen LogP contribution is -2.33. The SMILES string of the molecule is C=CCn1c(SCC(=O)c2ccc(Br)cc2)nnc1[C@H](NC(=O)c1ccc(C)cc1)C(C)C. The molecule has 1 amide bonds. The Kier molecular flexibility index (Phi) is 8.63. The molecule has 0 saturated carbocycles. The Labute approximate surface area is 207 Å². The molecule has 0 spiro atoms. The molecule has 2 aromatic carbocycles. The minimum absolute atomic E-state index is 0.00952. The van der Waals surface area contributed by atoms with Gasteiger partial charge in [0.15, 0.2) is 16.8 Å². The highest BCUT2D eigenvalue weighted by molar-refractivity contribution is 9.10. The van der Waals surface area contributed by atoms with E-state index in [1.54, 1.807) is 18.2 Å². The number of hydrogen-bond donors (Lipinski definition) is 1. The van der Waals surface area contributed by atoms with Gasteiger partial charge in [-0.1, -0.05) is 77.4 Å². The van der Waals surface area contributed by atoms with Gasteiger partial charge in [-0.2, -0.15) is 0 Å². The van der Waals surface area contributed by atoms with Crippen molar-refractivity contribution >= 4 is 39.4 Å². The van der Waals surface area contributed by atoms with Crippen molar-refractivity contribution in [3.05, 3.63) is 88.2 Å². The maximum absolute atomic E-state index is 12.9. The summed E-state index contributed by atoms with van der Waals surface area (Å²) in [7, 11) is 0. The number of allylic oxidation sites excluding steroid dienone is 1. The molecule has 6 nitrogen and oxygen atoms in total. The Morgan fingerprint density at radius 1 is 1.09 bits per heavy atom. The number of ketones is 1. The second-order valence-electron chi connectivity index (χ2n) is 8.02. The summed E-state index contributed by atoms with van der Waals surface area (Å²) in [6.45, 7) is 10.4. The van der Waals surface area contributed by atoms with Crippen LogP contribution in [-0.4, -0.2) is 32.2 Å². The maximum atomic E-state index is 12.9. The number of nitrogens with zero attached hydrogens (tertiary/aromatic N) is 3. The van der Waals surface area contributed by atoms with Crippen molar-refractivity contribution in [1.82, 2.24) is 20.1 Å². The maximum Gasteiger partial charge on any atom is 0.251 e. The summed E-state index contributed by atoms with van der Waals surface area (Å²) in [6.07, 6.45) is 1.76. The van der Waals surface area contributed by atoms with Crippen molar-refractivity contribution < 1.29 is 9.59 Å². The van der Waals surface area contributed by atoms with E-state index in [4.69, 9.17) is 0 Å². The summed E-state index contributed by atoms with van der Waals surface area (Å²) < 4.78 is 2.83. The molecule has 1 atom stereocenters. The molecule has 0 bridgehead atoms. The minimum atomic E-state index is -0.345. The molecule has 0 aliphatic carbocycles. The van der Waals surface area contributed by atoms with Crippen LogP contribution < -0.4 is 5.32 Å². The lowest BCUT2D eigenvalue weighted by Gasteiger charge is -2.22. The molecule has 0 fully saturated rings. The quantitative estimate of drug-likeness (QED) is 0.210. The van der Waals surface area contributed by atoms with E-state index in [2.05, 4.69) is 38.0 Å². The minimum Gasteiger partial charge on any atom is -0.342 e. The van der Waals surface area contributed by atoms with Crippen LogP contribution in [0.25, 0.3) is 0 Å². The third-order valence-electron chi connectivity index (χ3n) is 5.10. The fourth-order valence-electron chi connectivity index (χ4n) is 3.25. The van der Waals surface area contributed by atoms with Gasteiger partial charge in [0.25, 0.3) is 5.91 Å². The number of nitrogens with one attached hydrogen (secondary N) is 1.